The quantitative estimate of drug-likeness (QED) is 0.844. The average molecular weight is 239 g/mol. The highest BCUT2D eigenvalue weighted by molar-refractivity contribution is 5.39. The minimum absolute atomic E-state index is 0.358. The molecule has 0 saturated heterocycles. The zero-order valence-electron chi connectivity index (χ0n) is 10.3. The molecule has 3 rings (SSSR count). The zero-order chi connectivity index (χ0) is 12.4. The Kier molecular flexibility index (Phi) is 3.03. The van der Waals surface area contributed by atoms with Gasteiger partial charge in [0, 0.05) is 6.04 Å². The van der Waals surface area contributed by atoms with E-state index in [-0.39, 0.29) is 0 Å². The molecule has 1 unspecified atom stereocenters. The van der Waals surface area contributed by atoms with Gasteiger partial charge in [-0.3, -0.25) is 0 Å². The van der Waals surface area contributed by atoms with Crippen LogP contribution in [0.5, 0.6) is 5.75 Å². The molecule has 2 N–H and O–H groups in total. The van der Waals surface area contributed by atoms with Crippen molar-refractivity contribution in [2.45, 2.75) is 18.9 Å². The molecule has 1 heterocycles. The van der Waals surface area contributed by atoms with Crippen LogP contribution in [0.1, 0.15) is 22.7 Å². The molecule has 0 saturated carbocycles. The van der Waals surface area contributed by atoms with Gasteiger partial charge in [-0.25, -0.2) is 0 Å². The molecule has 1 aliphatic rings. The van der Waals surface area contributed by atoms with Crippen LogP contribution in [0.3, 0.4) is 0 Å². The third kappa shape index (κ3) is 2.24. The Morgan fingerprint density at radius 2 is 1.94 bits per heavy atom. The number of benzene rings is 2. The predicted molar refractivity (Wildman–Crippen MR) is 72.7 cm³/mol. The summed E-state index contributed by atoms with van der Waals surface area (Å²) >= 11 is 0. The molecule has 0 fully saturated rings. The molecular weight excluding hydrogens is 222 g/mol. The van der Waals surface area contributed by atoms with E-state index in [9.17, 15) is 5.11 Å². The highest BCUT2D eigenvalue weighted by atomic mass is 16.3. The van der Waals surface area contributed by atoms with E-state index in [1.165, 1.54) is 16.7 Å². The first-order chi connectivity index (χ1) is 8.83. The van der Waals surface area contributed by atoms with Crippen molar-refractivity contribution in [3.05, 3.63) is 65.2 Å². The van der Waals surface area contributed by atoms with E-state index >= 15 is 0 Å². The third-order valence-electron chi connectivity index (χ3n) is 3.57. The van der Waals surface area contributed by atoms with Crippen molar-refractivity contribution >= 4 is 0 Å². The highest BCUT2D eigenvalue weighted by Crippen LogP contribution is 2.28. The van der Waals surface area contributed by atoms with Gasteiger partial charge in [0.25, 0.3) is 0 Å². The largest absolute Gasteiger partial charge is 0.508 e. The first-order valence-electron chi connectivity index (χ1n) is 6.42. The molecule has 0 amide bonds. The number of rotatable bonds is 2. The second-order valence-electron chi connectivity index (χ2n) is 4.83. The summed E-state index contributed by atoms with van der Waals surface area (Å²) in [5.74, 6) is 0.370. The van der Waals surface area contributed by atoms with Crippen LogP contribution >= 0.6 is 0 Å². The van der Waals surface area contributed by atoms with E-state index in [0.717, 1.165) is 19.4 Å². The summed E-state index contributed by atoms with van der Waals surface area (Å²) < 4.78 is 0. The van der Waals surface area contributed by atoms with Gasteiger partial charge in [0.15, 0.2) is 0 Å². The molecule has 0 bridgehead atoms. The van der Waals surface area contributed by atoms with Crippen molar-refractivity contribution in [1.29, 1.82) is 0 Å². The lowest BCUT2D eigenvalue weighted by atomic mass is 9.90. The topological polar surface area (TPSA) is 32.3 Å². The van der Waals surface area contributed by atoms with Gasteiger partial charge in [-0.1, -0.05) is 36.4 Å². The highest BCUT2D eigenvalue weighted by Gasteiger charge is 2.19. The van der Waals surface area contributed by atoms with Crippen molar-refractivity contribution < 1.29 is 5.11 Å². The normalized spacial score (nSPS) is 18.3. The van der Waals surface area contributed by atoms with Gasteiger partial charge in [0.2, 0.25) is 0 Å². The van der Waals surface area contributed by atoms with E-state index in [1.807, 2.05) is 18.2 Å². The number of aromatic hydroxyl groups is 1. The summed E-state index contributed by atoms with van der Waals surface area (Å²) in [6.45, 7) is 0.980. The molecule has 2 heteroatoms. The second-order valence-corrected chi connectivity index (χ2v) is 4.83. The van der Waals surface area contributed by atoms with Gasteiger partial charge >= 0.3 is 0 Å². The summed E-state index contributed by atoms with van der Waals surface area (Å²) in [5.41, 5.74) is 3.94. The molecule has 92 valence electrons. The molecule has 1 aliphatic heterocycles. The number of fused-ring (bicyclic) bond motifs is 1. The van der Waals surface area contributed by atoms with Crippen molar-refractivity contribution in [3.63, 3.8) is 0 Å². The number of hydrogen-bond donors (Lipinski definition) is 2. The lowest BCUT2D eigenvalue weighted by molar-refractivity contribution is 0.466. The minimum atomic E-state index is 0.358. The maximum absolute atomic E-state index is 9.54. The number of nitrogens with one attached hydrogen (secondary N) is 1. The van der Waals surface area contributed by atoms with Crippen molar-refractivity contribution in [2.24, 2.45) is 0 Å². The summed E-state index contributed by atoms with van der Waals surface area (Å²) in [6.07, 6.45) is 1.99. The third-order valence-corrected chi connectivity index (χ3v) is 3.57. The number of phenolic OH excluding ortho intramolecular Hbond substituents is 1. The SMILES string of the molecule is Oc1ccc2c(c1)CCNC2Cc1ccccc1. The molecule has 2 aromatic rings. The van der Waals surface area contributed by atoms with E-state index < -0.39 is 0 Å². The summed E-state index contributed by atoms with van der Waals surface area (Å²) in [5, 5.41) is 13.1. The smallest absolute Gasteiger partial charge is 0.115 e. The fourth-order valence-corrected chi connectivity index (χ4v) is 2.67. The van der Waals surface area contributed by atoms with E-state index in [1.54, 1.807) is 6.07 Å². The minimum Gasteiger partial charge on any atom is -0.508 e. The molecule has 2 nitrogen and oxygen atoms in total. The van der Waals surface area contributed by atoms with Crippen LogP contribution in [0, 0.1) is 0 Å². The Hall–Kier alpha value is -1.80. The van der Waals surface area contributed by atoms with Crippen LogP contribution < -0.4 is 5.32 Å². The summed E-state index contributed by atoms with van der Waals surface area (Å²) in [4.78, 5) is 0. The van der Waals surface area contributed by atoms with Crippen molar-refractivity contribution in [3.8, 4) is 5.75 Å². The fourth-order valence-electron chi connectivity index (χ4n) is 2.67. The lowest BCUT2D eigenvalue weighted by Gasteiger charge is -2.27. The van der Waals surface area contributed by atoms with Crippen LogP contribution in [-0.2, 0) is 12.8 Å². The zero-order valence-corrected chi connectivity index (χ0v) is 10.3. The van der Waals surface area contributed by atoms with E-state index in [2.05, 4.69) is 29.6 Å². The number of hydrogen-bond acceptors (Lipinski definition) is 2. The molecule has 0 radical (unpaired) electrons. The number of phenols is 1. The first kappa shape index (κ1) is 11.3. The predicted octanol–water partition coefficient (Wildman–Crippen LogP) is 2.82. The molecule has 0 spiro atoms. The van der Waals surface area contributed by atoms with Crippen LogP contribution in [0.2, 0.25) is 0 Å². The van der Waals surface area contributed by atoms with Gasteiger partial charge < -0.3 is 10.4 Å². The maximum Gasteiger partial charge on any atom is 0.115 e. The van der Waals surface area contributed by atoms with Crippen LogP contribution in [-0.4, -0.2) is 11.7 Å². The maximum atomic E-state index is 9.54. The second kappa shape index (κ2) is 4.83. The van der Waals surface area contributed by atoms with E-state index in [0.29, 0.717) is 11.8 Å². The van der Waals surface area contributed by atoms with Crippen LogP contribution in [0.15, 0.2) is 48.5 Å². The van der Waals surface area contributed by atoms with Gasteiger partial charge in [-0.2, -0.15) is 0 Å². The monoisotopic (exact) mass is 239 g/mol. The fraction of sp³-hybridized carbons (Fsp3) is 0.250. The standard InChI is InChI=1S/C16H17NO/c18-14-6-7-15-13(11-14)8-9-17-16(15)10-12-4-2-1-3-5-12/h1-7,11,16-18H,8-10H2. The molecular formula is C16H17NO. The molecule has 2 aromatic carbocycles. The van der Waals surface area contributed by atoms with Gasteiger partial charge in [0.1, 0.15) is 5.75 Å². The molecule has 18 heavy (non-hydrogen) atoms. The Labute approximate surface area is 107 Å². The van der Waals surface area contributed by atoms with E-state index in [4.69, 9.17) is 0 Å². The van der Waals surface area contributed by atoms with Crippen LogP contribution in [0.25, 0.3) is 0 Å². The van der Waals surface area contributed by atoms with Gasteiger partial charge in [-0.15, -0.1) is 0 Å². The molecule has 1 atom stereocenters. The van der Waals surface area contributed by atoms with Crippen molar-refractivity contribution in [1.82, 2.24) is 5.32 Å². The van der Waals surface area contributed by atoms with Crippen LogP contribution in [0.4, 0.5) is 0 Å². The van der Waals surface area contributed by atoms with Gasteiger partial charge in [-0.05, 0) is 48.2 Å². The average Bonchev–Trinajstić information content (AvgIpc) is 2.40. The lowest BCUT2D eigenvalue weighted by Crippen LogP contribution is -2.31. The Morgan fingerprint density at radius 3 is 2.78 bits per heavy atom. The Balaban J connectivity index is 1.87. The van der Waals surface area contributed by atoms with Gasteiger partial charge in [0.05, 0.1) is 0 Å². The molecule has 0 aliphatic carbocycles. The molecule has 0 aromatic heterocycles. The Morgan fingerprint density at radius 1 is 1.11 bits per heavy atom. The Bertz CT molecular complexity index is 536. The summed E-state index contributed by atoms with van der Waals surface area (Å²) in [6, 6.07) is 16.6. The first-order valence-corrected chi connectivity index (χ1v) is 6.42. The van der Waals surface area contributed by atoms with Crippen molar-refractivity contribution in [2.75, 3.05) is 6.54 Å². The summed E-state index contributed by atoms with van der Waals surface area (Å²) in [7, 11) is 0.